The Morgan fingerprint density at radius 1 is 1.16 bits per heavy atom. The van der Waals surface area contributed by atoms with Gasteiger partial charge in [0.05, 0.1) is 5.29 Å². The van der Waals surface area contributed by atoms with Crippen LogP contribution in [0.15, 0.2) is 17.1 Å². The van der Waals surface area contributed by atoms with E-state index in [4.69, 9.17) is 10.5 Å². The second-order valence-corrected chi connectivity index (χ2v) is 8.66. The summed E-state index contributed by atoms with van der Waals surface area (Å²) in [5.74, 6) is 0.991. The van der Waals surface area contributed by atoms with Crippen LogP contribution in [0, 0.1) is 10.8 Å². The second kappa shape index (κ2) is 19.5. The van der Waals surface area contributed by atoms with Gasteiger partial charge >= 0.3 is 0 Å². The molecule has 2 aliphatic rings. The van der Waals surface area contributed by atoms with E-state index in [0.717, 1.165) is 45.1 Å². The summed E-state index contributed by atoms with van der Waals surface area (Å²) in [4.78, 5) is 12.0. The Hall–Kier alpha value is -1.18. The average Bonchev–Trinajstić information content (AvgIpc) is 3.51. The molecule has 0 aliphatic heterocycles. The SMILES string of the molecule is CCC/C=C(\C)N(CCNC)CCC1CCCCC1.CCOCC.NC1(NN=O)CC1. The van der Waals surface area contributed by atoms with Gasteiger partial charge in [-0.2, -0.15) is 0 Å². The normalized spacial score (nSPS) is 17.5. The third-order valence-electron chi connectivity index (χ3n) is 5.86. The maximum Gasteiger partial charge on any atom is 0.105 e. The highest BCUT2D eigenvalue weighted by Gasteiger charge is 2.38. The first kappa shape index (κ1) is 29.8. The van der Waals surface area contributed by atoms with Crippen molar-refractivity contribution in [1.29, 1.82) is 0 Å². The number of hydrogen-bond donors (Lipinski definition) is 3. The number of ether oxygens (including phenoxy) is 1. The fraction of sp³-hybridized carbons (Fsp3) is 0.917. The number of unbranched alkanes of at least 4 members (excludes halogenated alkanes) is 1. The highest BCUT2D eigenvalue weighted by Crippen LogP contribution is 2.28. The number of likely N-dealkylation sites (N-methyl/N-ethyl adjacent to an activating group) is 1. The zero-order chi connectivity index (χ0) is 23.4. The quantitative estimate of drug-likeness (QED) is 0.213. The van der Waals surface area contributed by atoms with Gasteiger partial charge in [0.2, 0.25) is 0 Å². The minimum Gasteiger partial charge on any atom is -0.382 e. The Labute approximate surface area is 191 Å². The Morgan fingerprint density at radius 2 is 1.81 bits per heavy atom. The van der Waals surface area contributed by atoms with Gasteiger partial charge in [0.15, 0.2) is 0 Å². The van der Waals surface area contributed by atoms with Crippen LogP contribution in [-0.4, -0.2) is 50.5 Å². The molecule has 2 fully saturated rings. The van der Waals surface area contributed by atoms with Gasteiger partial charge in [0.25, 0.3) is 0 Å². The van der Waals surface area contributed by atoms with E-state index in [2.05, 4.69) is 40.9 Å². The molecule has 0 atom stereocenters. The first-order valence-electron chi connectivity index (χ1n) is 12.5. The van der Waals surface area contributed by atoms with Gasteiger partial charge < -0.3 is 20.7 Å². The van der Waals surface area contributed by atoms with E-state index in [1.54, 1.807) is 0 Å². The molecule has 2 saturated carbocycles. The van der Waals surface area contributed by atoms with Crippen molar-refractivity contribution in [3.63, 3.8) is 0 Å². The Morgan fingerprint density at radius 3 is 2.23 bits per heavy atom. The zero-order valence-electron chi connectivity index (χ0n) is 21.0. The molecule has 31 heavy (non-hydrogen) atoms. The number of nitrogens with one attached hydrogen (secondary N) is 2. The fourth-order valence-electron chi connectivity index (χ4n) is 3.55. The molecule has 0 unspecified atom stereocenters. The van der Waals surface area contributed by atoms with Crippen molar-refractivity contribution in [3.8, 4) is 0 Å². The number of nitrogens with two attached hydrogens (primary N) is 1. The third kappa shape index (κ3) is 17.1. The molecule has 2 aliphatic carbocycles. The predicted molar refractivity (Wildman–Crippen MR) is 133 cm³/mol. The molecule has 0 bridgehead atoms. The maximum atomic E-state index is 9.42. The van der Waals surface area contributed by atoms with Crippen LogP contribution in [0.25, 0.3) is 0 Å². The molecule has 2 rings (SSSR count). The summed E-state index contributed by atoms with van der Waals surface area (Å²) in [6.45, 7) is 13.7. The molecule has 0 spiro atoms. The van der Waals surface area contributed by atoms with Crippen LogP contribution in [0.2, 0.25) is 0 Å². The number of nitrogens with zero attached hydrogens (tertiary/aromatic N) is 2. The lowest BCUT2D eigenvalue weighted by Crippen LogP contribution is -2.35. The highest BCUT2D eigenvalue weighted by atomic mass is 16.5. The van der Waals surface area contributed by atoms with Crippen LogP contribution in [0.3, 0.4) is 0 Å². The lowest BCUT2D eigenvalue weighted by Gasteiger charge is -2.29. The van der Waals surface area contributed by atoms with Gasteiger partial charge in [-0.15, -0.1) is 4.91 Å². The van der Waals surface area contributed by atoms with Crippen molar-refractivity contribution in [1.82, 2.24) is 15.6 Å². The van der Waals surface area contributed by atoms with Crippen LogP contribution in [0.5, 0.6) is 0 Å². The van der Waals surface area contributed by atoms with E-state index < -0.39 is 5.66 Å². The van der Waals surface area contributed by atoms with Crippen LogP contribution in [0.4, 0.5) is 0 Å². The standard InChI is InChI=1S/C17H34N2.C4H10O.C3H7N3O/c1-4-5-9-16(2)19(15-13-18-3)14-12-17-10-7-6-8-11-17;1-3-5-4-2;4-3(1-2-3)5-6-7/h9,17-18H,4-8,10-15H2,1-3H3;3-4H2,1-2H3;1-2,4H2,(H,5,7)/b16-9+;;. The molecular formula is C24H51N5O2. The molecule has 0 saturated heterocycles. The van der Waals surface area contributed by atoms with Gasteiger partial charge in [-0.25, -0.2) is 0 Å². The zero-order valence-corrected chi connectivity index (χ0v) is 21.0. The average molecular weight is 442 g/mol. The Kier molecular flexibility index (Phi) is 18.8. The number of allylic oxidation sites excluding steroid dienone is 2. The molecule has 4 N–H and O–H groups in total. The topological polar surface area (TPSA) is 92.0 Å². The molecule has 0 amide bonds. The van der Waals surface area contributed by atoms with E-state index in [9.17, 15) is 4.91 Å². The minimum absolute atomic E-state index is 0.429. The Balaban J connectivity index is 0.000000609. The van der Waals surface area contributed by atoms with Crippen molar-refractivity contribution < 1.29 is 4.74 Å². The summed E-state index contributed by atoms with van der Waals surface area (Å²) in [6.07, 6.45) is 15.3. The van der Waals surface area contributed by atoms with E-state index in [-0.39, 0.29) is 0 Å². The summed E-state index contributed by atoms with van der Waals surface area (Å²) in [7, 11) is 2.05. The molecule has 0 aromatic rings. The summed E-state index contributed by atoms with van der Waals surface area (Å²) in [5.41, 5.74) is 8.65. The van der Waals surface area contributed by atoms with Crippen LogP contribution in [-0.2, 0) is 4.74 Å². The second-order valence-electron chi connectivity index (χ2n) is 8.66. The number of rotatable bonds is 13. The first-order valence-corrected chi connectivity index (χ1v) is 12.5. The number of hydrogen-bond acceptors (Lipinski definition) is 6. The molecule has 184 valence electrons. The summed E-state index contributed by atoms with van der Waals surface area (Å²) < 4.78 is 4.83. The maximum absolute atomic E-state index is 9.42. The van der Waals surface area contributed by atoms with E-state index in [1.807, 2.05) is 20.9 Å². The molecule has 7 heteroatoms. The van der Waals surface area contributed by atoms with Crippen LogP contribution < -0.4 is 16.5 Å². The van der Waals surface area contributed by atoms with Crippen LogP contribution in [0.1, 0.15) is 91.9 Å². The van der Waals surface area contributed by atoms with Gasteiger partial charge in [-0.1, -0.05) is 51.5 Å². The molecule has 0 aromatic carbocycles. The lowest BCUT2D eigenvalue weighted by atomic mass is 9.87. The predicted octanol–water partition coefficient (Wildman–Crippen LogP) is 4.93. The lowest BCUT2D eigenvalue weighted by molar-refractivity contribution is 0.162. The first-order chi connectivity index (χ1) is 15.0. The summed E-state index contributed by atoms with van der Waals surface area (Å²) >= 11 is 0. The largest absolute Gasteiger partial charge is 0.382 e. The van der Waals surface area contributed by atoms with Crippen LogP contribution >= 0.6 is 0 Å². The molecule has 7 nitrogen and oxygen atoms in total. The molecular weight excluding hydrogens is 390 g/mol. The van der Waals surface area contributed by atoms with Gasteiger partial charge in [-0.3, -0.25) is 5.43 Å². The van der Waals surface area contributed by atoms with Crippen molar-refractivity contribution in [2.45, 2.75) is 97.6 Å². The van der Waals surface area contributed by atoms with Crippen molar-refractivity contribution in [3.05, 3.63) is 16.7 Å². The Bertz CT molecular complexity index is 447. The highest BCUT2D eigenvalue weighted by molar-refractivity contribution is 4.97. The minimum atomic E-state index is -0.429. The monoisotopic (exact) mass is 441 g/mol. The smallest absolute Gasteiger partial charge is 0.105 e. The van der Waals surface area contributed by atoms with Crippen molar-refractivity contribution >= 4 is 0 Å². The molecule has 0 heterocycles. The van der Waals surface area contributed by atoms with E-state index in [0.29, 0.717) is 0 Å². The van der Waals surface area contributed by atoms with E-state index in [1.165, 1.54) is 63.6 Å². The fourth-order valence-corrected chi connectivity index (χ4v) is 3.55. The molecule has 0 aromatic heterocycles. The van der Waals surface area contributed by atoms with Gasteiger partial charge in [0, 0.05) is 38.5 Å². The van der Waals surface area contributed by atoms with Crippen molar-refractivity contribution in [2.24, 2.45) is 16.9 Å². The third-order valence-corrected chi connectivity index (χ3v) is 5.86. The molecule has 0 radical (unpaired) electrons. The summed E-state index contributed by atoms with van der Waals surface area (Å²) in [6, 6.07) is 0. The van der Waals surface area contributed by atoms with Gasteiger partial charge in [-0.05, 0) is 59.4 Å². The van der Waals surface area contributed by atoms with E-state index >= 15 is 0 Å². The number of nitroso groups, excluding NO2 is 1. The van der Waals surface area contributed by atoms with Gasteiger partial charge in [0.1, 0.15) is 5.66 Å². The summed E-state index contributed by atoms with van der Waals surface area (Å²) in [5, 5.41) is 5.72. The van der Waals surface area contributed by atoms with Crippen molar-refractivity contribution in [2.75, 3.05) is 39.9 Å².